The zero-order valence-electron chi connectivity index (χ0n) is 6.79. The highest BCUT2D eigenvalue weighted by Crippen LogP contribution is 2.12. The Balaban J connectivity index is 2.41. The highest BCUT2D eigenvalue weighted by Gasteiger charge is 2.05. The van der Waals surface area contributed by atoms with Gasteiger partial charge in [-0.1, -0.05) is 13.3 Å². The van der Waals surface area contributed by atoms with E-state index in [1.807, 2.05) is 11.6 Å². The molecule has 2 nitrogen and oxygen atoms in total. The van der Waals surface area contributed by atoms with Crippen LogP contribution in [0.1, 0.15) is 18.4 Å². The van der Waals surface area contributed by atoms with Gasteiger partial charge < -0.3 is 5.73 Å². The van der Waals surface area contributed by atoms with Crippen molar-refractivity contribution in [2.75, 3.05) is 6.54 Å². The average molecular weight is 170 g/mol. The molecule has 0 aliphatic heterocycles. The van der Waals surface area contributed by atoms with E-state index in [2.05, 4.69) is 11.9 Å². The Labute approximate surface area is 71.5 Å². The van der Waals surface area contributed by atoms with Crippen molar-refractivity contribution < 1.29 is 0 Å². The van der Waals surface area contributed by atoms with Crippen molar-refractivity contribution in [3.63, 3.8) is 0 Å². The predicted octanol–water partition coefficient (Wildman–Crippen LogP) is 1.67. The fraction of sp³-hybridized carbons (Fsp3) is 0.625. The number of nitrogens with two attached hydrogens (primary N) is 1. The molecule has 0 radical (unpaired) electrons. The molecule has 0 aliphatic carbocycles. The van der Waals surface area contributed by atoms with E-state index < -0.39 is 0 Å². The van der Waals surface area contributed by atoms with Gasteiger partial charge in [-0.25, -0.2) is 4.98 Å². The molecule has 0 spiro atoms. The lowest BCUT2D eigenvalue weighted by Gasteiger charge is -2.08. The topological polar surface area (TPSA) is 38.9 Å². The average Bonchev–Trinajstić information content (AvgIpc) is 2.52. The van der Waals surface area contributed by atoms with Crippen LogP contribution < -0.4 is 5.73 Å². The van der Waals surface area contributed by atoms with Crippen LogP contribution in [0.3, 0.4) is 0 Å². The van der Waals surface area contributed by atoms with E-state index in [4.69, 9.17) is 5.73 Å². The zero-order chi connectivity index (χ0) is 8.10. The van der Waals surface area contributed by atoms with Gasteiger partial charge in [-0.05, 0) is 12.5 Å². The first-order valence-electron chi connectivity index (χ1n) is 3.95. The third-order valence-electron chi connectivity index (χ3n) is 1.86. The molecule has 0 saturated heterocycles. The molecule has 3 heteroatoms. The SMILES string of the molecule is CCC(CN)Cc1nccs1. The summed E-state index contributed by atoms with van der Waals surface area (Å²) in [4.78, 5) is 4.21. The van der Waals surface area contributed by atoms with E-state index >= 15 is 0 Å². The first-order chi connectivity index (χ1) is 5.36. The first kappa shape index (κ1) is 8.68. The molecular weight excluding hydrogens is 156 g/mol. The summed E-state index contributed by atoms with van der Waals surface area (Å²) in [6.07, 6.45) is 4.05. The molecule has 0 bridgehead atoms. The largest absolute Gasteiger partial charge is 0.330 e. The van der Waals surface area contributed by atoms with Gasteiger partial charge >= 0.3 is 0 Å². The fourth-order valence-electron chi connectivity index (χ4n) is 0.995. The number of nitrogens with zero attached hydrogens (tertiary/aromatic N) is 1. The molecule has 11 heavy (non-hydrogen) atoms. The van der Waals surface area contributed by atoms with Crippen LogP contribution in [0.4, 0.5) is 0 Å². The Morgan fingerprint density at radius 1 is 1.73 bits per heavy atom. The molecular formula is C8H14N2S. The van der Waals surface area contributed by atoms with Crippen LogP contribution >= 0.6 is 11.3 Å². The minimum absolute atomic E-state index is 0.612. The summed E-state index contributed by atoms with van der Waals surface area (Å²) < 4.78 is 0. The molecule has 1 heterocycles. The van der Waals surface area contributed by atoms with Crippen molar-refractivity contribution >= 4 is 11.3 Å². The lowest BCUT2D eigenvalue weighted by atomic mass is 10.0. The number of thiazole rings is 1. The summed E-state index contributed by atoms with van der Waals surface area (Å²) in [7, 11) is 0. The molecule has 1 aromatic rings. The monoisotopic (exact) mass is 170 g/mol. The molecule has 0 aromatic carbocycles. The van der Waals surface area contributed by atoms with E-state index in [0.717, 1.165) is 19.4 Å². The van der Waals surface area contributed by atoms with Crippen molar-refractivity contribution in [1.82, 2.24) is 4.98 Å². The van der Waals surface area contributed by atoms with E-state index in [1.165, 1.54) is 5.01 Å². The van der Waals surface area contributed by atoms with Gasteiger partial charge in [0, 0.05) is 18.0 Å². The van der Waals surface area contributed by atoms with Gasteiger partial charge in [-0.15, -0.1) is 11.3 Å². The smallest absolute Gasteiger partial charge is 0.0928 e. The number of aromatic nitrogens is 1. The van der Waals surface area contributed by atoms with Crippen LogP contribution in [0.2, 0.25) is 0 Å². The maximum atomic E-state index is 5.58. The lowest BCUT2D eigenvalue weighted by molar-refractivity contribution is 0.517. The van der Waals surface area contributed by atoms with Gasteiger partial charge in [0.2, 0.25) is 0 Å². The molecule has 2 N–H and O–H groups in total. The first-order valence-corrected chi connectivity index (χ1v) is 4.83. The van der Waals surface area contributed by atoms with Gasteiger partial charge in [0.15, 0.2) is 0 Å². The third kappa shape index (κ3) is 2.60. The van der Waals surface area contributed by atoms with Crippen LogP contribution in [0.15, 0.2) is 11.6 Å². The van der Waals surface area contributed by atoms with E-state index in [9.17, 15) is 0 Å². The molecule has 1 atom stereocenters. The van der Waals surface area contributed by atoms with Crippen LogP contribution in [0.5, 0.6) is 0 Å². The highest BCUT2D eigenvalue weighted by atomic mass is 32.1. The van der Waals surface area contributed by atoms with Crippen molar-refractivity contribution in [3.8, 4) is 0 Å². The van der Waals surface area contributed by atoms with Gasteiger partial charge in [0.1, 0.15) is 0 Å². The van der Waals surface area contributed by atoms with Crippen molar-refractivity contribution in [2.24, 2.45) is 11.7 Å². The second-order valence-electron chi connectivity index (χ2n) is 2.64. The van der Waals surface area contributed by atoms with Gasteiger partial charge in [-0.3, -0.25) is 0 Å². The van der Waals surface area contributed by atoms with Gasteiger partial charge in [0.25, 0.3) is 0 Å². The molecule has 1 aromatic heterocycles. The third-order valence-corrected chi connectivity index (χ3v) is 2.66. The highest BCUT2D eigenvalue weighted by molar-refractivity contribution is 7.09. The summed E-state index contributed by atoms with van der Waals surface area (Å²) >= 11 is 1.72. The molecule has 0 fully saturated rings. The van der Waals surface area contributed by atoms with Gasteiger partial charge in [0.05, 0.1) is 5.01 Å². The molecule has 1 unspecified atom stereocenters. The summed E-state index contributed by atoms with van der Waals surface area (Å²) in [6.45, 7) is 2.95. The van der Waals surface area contributed by atoms with E-state index in [1.54, 1.807) is 11.3 Å². The zero-order valence-corrected chi connectivity index (χ0v) is 7.60. The standard InChI is InChI=1S/C8H14N2S/c1-2-7(6-9)5-8-10-3-4-11-8/h3-4,7H,2,5-6,9H2,1H3. The molecule has 0 amide bonds. The Hall–Kier alpha value is -0.410. The van der Waals surface area contributed by atoms with Crippen molar-refractivity contribution in [1.29, 1.82) is 0 Å². The molecule has 1 rings (SSSR count). The summed E-state index contributed by atoms with van der Waals surface area (Å²) in [5.41, 5.74) is 5.58. The van der Waals surface area contributed by atoms with Crippen molar-refractivity contribution in [2.45, 2.75) is 19.8 Å². The predicted molar refractivity (Wildman–Crippen MR) is 48.7 cm³/mol. The second kappa shape index (κ2) is 4.46. The molecule has 62 valence electrons. The van der Waals surface area contributed by atoms with Gasteiger partial charge in [-0.2, -0.15) is 0 Å². The number of rotatable bonds is 4. The minimum atomic E-state index is 0.612. The van der Waals surface area contributed by atoms with Crippen LogP contribution in [-0.4, -0.2) is 11.5 Å². The quantitative estimate of drug-likeness (QED) is 0.746. The minimum Gasteiger partial charge on any atom is -0.330 e. The number of hydrogen-bond acceptors (Lipinski definition) is 3. The molecule has 0 saturated carbocycles. The van der Waals surface area contributed by atoms with Crippen LogP contribution in [0, 0.1) is 5.92 Å². The Bertz CT molecular complexity index is 180. The maximum absolute atomic E-state index is 5.58. The van der Waals surface area contributed by atoms with E-state index in [0.29, 0.717) is 5.92 Å². The normalized spacial score (nSPS) is 13.3. The Morgan fingerprint density at radius 2 is 2.55 bits per heavy atom. The number of hydrogen-bond donors (Lipinski definition) is 1. The summed E-state index contributed by atoms with van der Waals surface area (Å²) in [5.74, 6) is 0.612. The maximum Gasteiger partial charge on any atom is 0.0928 e. The fourth-order valence-corrected chi connectivity index (χ4v) is 1.73. The summed E-state index contributed by atoms with van der Waals surface area (Å²) in [5, 5.41) is 3.22. The van der Waals surface area contributed by atoms with Crippen molar-refractivity contribution in [3.05, 3.63) is 16.6 Å². The summed E-state index contributed by atoms with van der Waals surface area (Å²) in [6, 6.07) is 0. The van der Waals surface area contributed by atoms with Crippen LogP contribution in [0.25, 0.3) is 0 Å². The molecule has 0 aliphatic rings. The second-order valence-corrected chi connectivity index (χ2v) is 3.62. The Morgan fingerprint density at radius 3 is 3.00 bits per heavy atom. The Kier molecular flexibility index (Phi) is 3.52. The van der Waals surface area contributed by atoms with Crippen LogP contribution in [-0.2, 0) is 6.42 Å². The van der Waals surface area contributed by atoms with E-state index in [-0.39, 0.29) is 0 Å². The lowest BCUT2D eigenvalue weighted by Crippen LogP contribution is -2.15.